The molecule has 0 bridgehead atoms. The van der Waals surface area contributed by atoms with Gasteiger partial charge in [-0.1, -0.05) is 0 Å². The average molecular weight is 279 g/mol. The van der Waals surface area contributed by atoms with Gasteiger partial charge in [0.15, 0.2) is 5.69 Å². The minimum atomic E-state index is -1.06. The van der Waals surface area contributed by atoms with Crippen LogP contribution in [0.4, 0.5) is 11.4 Å². The summed E-state index contributed by atoms with van der Waals surface area (Å²) in [5.74, 6) is -1.06. The lowest BCUT2D eigenvalue weighted by atomic mass is 10.3. The molecule has 0 spiro atoms. The third-order valence-corrected chi connectivity index (χ3v) is 3.14. The molecule has 19 heavy (non-hydrogen) atoms. The van der Waals surface area contributed by atoms with Gasteiger partial charge >= 0.3 is 5.97 Å². The second kappa shape index (κ2) is 5.44. The SMILES string of the molecule is O=C(O)c1csc(CNc2ccc([N+](=O)[O-])cc2)n1. The summed E-state index contributed by atoms with van der Waals surface area (Å²) >= 11 is 1.24. The summed E-state index contributed by atoms with van der Waals surface area (Å²) in [6.45, 7) is 0.371. The van der Waals surface area contributed by atoms with Crippen molar-refractivity contribution >= 4 is 28.7 Å². The van der Waals surface area contributed by atoms with Crippen LogP contribution in [0.2, 0.25) is 0 Å². The van der Waals surface area contributed by atoms with Crippen LogP contribution in [0.5, 0.6) is 0 Å². The fraction of sp³-hybridized carbons (Fsp3) is 0.0909. The van der Waals surface area contributed by atoms with E-state index in [1.165, 1.54) is 28.8 Å². The first-order valence-corrected chi connectivity index (χ1v) is 6.10. The van der Waals surface area contributed by atoms with Crippen molar-refractivity contribution in [1.29, 1.82) is 0 Å². The van der Waals surface area contributed by atoms with Crippen molar-refractivity contribution in [3.8, 4) is 0 Å². The Morgan fingerprint density at radius 1 is 1.42 bits per heavy atom. The van der Waals surface area contributed by atoms with Crippen LogP contribution in [0.15, 0.2) is 29.6 Å². The Morgan fingerprint density at radius 2 is 2.11 bits per heavy atom. The molecule has 1 aromatic heterocycles. The van der Waals surface area contributed by atoms with Gasteiger partial charge < -0.3 is 10.4 Å². The number of carboxylic acids is 1. The van der Waals surface area contributed by atoms with Crippen LogP contribution < -0.4 is 5.32 Å². The van der Waals surface area contributed by atoms with Gasteiger partial charge in [0.05, 0.1) is 11.5 Å². The zero-order valence-corrected chi connectivity index (χ0v) is 10.4. The lowest BCUT2D eigenvalue weighted by Crippen LogP contribution is -2.01. The van der Waals surface area contributed by atoms with E-state index in [1.54, 1.807) is 12.1 Å². The van der Waals surface area contributed by atoms with Crippen LogP contribution in [-0.2, 0) is 6.54 Å². The standard InChI is InChI=1S/C11H9N3O4S/c15-11(16)9-6-19-10(13-9)5-12-7-1-3-8(4-2-7)14(17)18/h1-4,6,12H,5H2,(H,15,16). The normalized spacial score (nSPS) is 10.1. The minimum absolute atomic E-state index is 0.0190. The van der Waals surface area contributed by atoms with Gasteiger partial charge in [-0.15, -0.1) is 11.3 Å². The van der Waals surface area contributed by atoms with Crippen molar-refractivity contribution in [2.24, 2.45) is 0 Å². The molecule has 0 fully saturated rings. The molecule has 0 aliphatic heterocycles. The molecule has 0 unspecified atom stereocenters. The molecule has 7 nitrogen and oxygen atoms in total. The maximum atomic E-state index is 10.6. The molecule has 1 heterocycles. The molecule has 0 saturated carbocycles. The Kier molecular flexibility index (Phi) is 3.71. The summed E-state index contributed by atoms with van der Waals surface area (Å²) in [5, 5.41) is 24.3. The number of nitro benzene ring substituents is 1. The largest absolute Gasteiger partial charge is 0.476 e. The molecule has 98 valence electrons. The fourth-order valence-electron chi connectivity index (χ4n) is 1.37. The van der Waals surface area contributed by atoms with Crippen LogP contribution in [-0.4, -0.2) is 21.0 Å². The number of hydrogen-bond donors (Lipinski definition) is 2. The van der Waals surface area contributed by atoms with Crippen LogP contribution >= 0.6 is 11.3 Å². The van der Waals surface area contributed by atoms with E-state index in [2.05, 4.69) is 10.3 Å². The molecule has 8 heteroatoms. The molecule has 0 radical (unpaired) electrons. The number of non-ortho nitro benzene ring substituents is 1. The van der Waals surface area contributed by atoms with Crippen LogP contribution in [0.3, 0.4) is 0 Å². The molecule has 2 N–H and O–H groups in total. The number of nitro groups is 1. The summed E-state index contributed by atoms with van der Waals surface area (Å²) < 4.78 is 0. The highest BCUT2D eigenvalue weighted by atomic mass is 32.1. The third kappa shape index (κ3) is 3.26. The first-order chi connectivity index (χ1) is 9.06. The van der Waals surface area contributed by atoms with E-state index in [4.69, 9.17) is 5.11 Å². The number of aromatic nitrogens is 1. The number of anilines is 1. The summed E-state index contributed by atoms with van der Waals surface area (Å²) in [7, 11) is 0. The van der Waals surface area contributed by atoms with Crippen molar-refractivity contribution in [1.82, 2.24) is 4.98 Å². The zero-order chi connectivity index (χ0) is 13.8. The molecule has 2 aromatic rings. The van der Waals surface area contributed by atoms with Gasteiger partial charge in [-0.2, -0.15) is 0 Å². The Hall–Kier alpha value is -2.48. The topological polar surface area (TPSA) is 105 Å². The second-order valence-corrected chi connectivity index (χ2v) is 4.53. The van der Waals surface area contributed by atoms with Crippen LogP contribution in [0.25, 0.3) is 0 Å². The Balaban J connectivity index is 1.97. The van der Waals surface area contributed by atoms with E-state index >= 15 is 0 Å². The molecule has 0 saturated heterocycles. The number of thiazole rings is 1. The van der Waals surface area contributed by atoms with E-state index < -0.39 is 10.9 Å². The van der Waals surface area contributed by atoms with E-state index in [-0.39, 0.29) is 11.4 Å². The van der Waals surface area contributed by atoms with Gasteiger partial charge in [-0.3, -0.25) is 10.1 Å². The summed E-state index contributed by atoms with van der Waals surface area (Å²) in [4.78, 5) is 24.6. The third-order valence-electron chi connectivity index (χ3n) is 2.29. The number of carbonyl (C=O) groups is 1. The van der Waals surface area contributed by atoms with Crippen molar-refractivity contribution < 1.29 is 14.8 Å². The summed E-state index contributed by atoms with van der Waals surface area (Å²) in [6, 6.07) is 5.97. The van der Waals surface area contributed by atoms with Crippen molar-refractivity contribution in [2.45, 2.75) is 6.54 Å². The molecule has 1 aromatic carbocycles. The van der Waals surface area contributed by atoms with Crippen molar-refractivity contribution in [2.75, 3.05) is 5.32 Å². The lowest BCUT2D eigenvalue weighted by molar-refractivity contribution is -0.384. The first-order valence-electron chi connectivity index (χ1n) is 5.22. The van der Waals surface area contributed by atoms with Gasteiger partial charge in [0.25, 0.3) is 5.69 Å². The average Bonchev–Trinajstić information content (AvgIpc) is 2.86. The van der Waals surface area contributed by atoms with E-state index in [9.17, 15) is 14.9 Å². The molecule has 2 rings (SSSR count). The number of benzene rings is 1. The predicted octanol–water partition coefficient (Wildman–Crippen LogP) is 2.36. The number of nitrogens with one attached hydrogen (secondary N) is 1. The Labute approximate surface area is 111 Å². The number of aromatic carboxylic acids is 1. The summed E-state index contributed by atoms with van der Waals surface area (Å²) in [6.07, 6.45) is 0. The van der Waals surface area contributed by atoms with E-state index in [0.29, 0.717) is 17.2 Å². The molecule has 0 amide bonds. The number of carboxylic acid groups (broad SMARTS) is 1. The molecule has 0 aliphatic carbocycles. The van der Waals surface area contributed by atoms with Gasteiger partial charge in [-0.05, 0) is 12.1 Å². The van der Waals surface area contributed by atoms with Gasteiger partial charge in [-0.25, -0.2) is 9.78 Å². The highest BCUT2D eigenvalue weighted by molar-refractivity contribution is 7.09. The monoisotopic (exact) mass is 279 g/mol. The Bertz CT molecular complexity index is 609. The highest BCUT2D eigenvalue weighted by Gasteiger charge is 2.08. The number of nitrogens with zero attached hydrogens (tertiary/aromatic N) is 2. The van der Waals surface area contributed by atoms with E-state index in [0.717, 1.165) is 0 Å². The van der Waals surface area contributed by atoms with Gasteiger partial charge in [0, 0.05) is 23.2 Å². The fourth-order valence-corrected chi connectivity index (χ4v) is 2.08. The Morgan fingerprint density at radius 3 is 2.63 bits per heavy atom. The molecular weight excluding hydrogens is 270 g/mol. The maximum Gasteiger partial charge on any atom is 0.355 e. The number of rotatable bonds is 5. The van der Waals surface area contributed by atoms with Crippen molar-refractivity contribution in [3.05, 3.63) is 50.5 Å². The predicted molar refractivity (Wildman–Crippen MR) is 69.5 cm³/mol. The van der Waals surface area contributed by atoms with Gasteiger partial charge in [0.2, 0.25) is 0 Å². The number of hydrogen-bond acceptors (Lipinski definition) is 6. The molecular formula is C11H9N3O4S. The zero-order valence-electron chi connectivity index (χ0n) is 9.57. The van der Waals surface area contributed by atoms with Crippen LogP contribution in [0, 0.1) is 10.1 Å². The first kappa shape index (κ1) is 13.0. The van der Waals surface area contributed by atoms with E-state index in [1.807, 2.05) is 0 Å². The molecule has 0 aliphatic rings. The maximum absolute atomic E-state index is 10.6. The molecule has 0 atom stereocenters. The lowest BCUT2D eigenvalue weighted by Gasteiger charge is -2.03. The van der Waals surface area contributed by atoms with Crippen molar-refractivity contribution in [3.63, 3.8) is 0 Å². The van der Waals surface area contributed by atoms with Gasteiger partial charge in [0.1, 0.15) is 5.01 Å². The highest BCUT2D eigenvalue weighted by Crippen LogP contribution is 2.17. The minimum Gasteiger partial charge on any atom is -0.476 e. The van der Waals surface area contributed by atoms with Crippen LogP contribution in [0.1, 0.15) is 15.5 Å². The smallest absolute Gasteiger partial charge is 0.355 e. The quantitative estimate of drug-likeness (QED) is 0.643. The summed E-state index contributed by atoms with van der Waals surface area (Å²) in [5.41, 5.74) is 0.746. The second-order valence-electron chi connectivity index (χ2n) is 3.59.